The van der Waals surface area contributed by atoms with E-state index in [4.69, 9.17) is 22.9 Å². The Morgan fingerprint density at radius 3 is 1.85 bits per heavy atom. The Bertz CT molecular complexity index is 1320. The fourth-order valence-electron chi connectivity index (χ4n) is 6.61. The zero-order valence-corrected chi connectivity index (χ0v) is 31.5. The third kappa shape index (κ3) is 10.5. The number of rotatable bonds is 17. The van der Waals surface area contributed by atoms with Crippen LogP contribution in [0.4, 0.5) is 0 Å². The standard InChI is InChI=1S/C38H55O7PSi/c1-11-18-33-23-24-36(38(41-33)31(9)25-30(8)32(10)45-47(27(2)3,28(4)5)29(6)7)42-37(39)26-46(40,43-34-19-14-12-15-20-34)44-35-21-16-13-17-22-35/h11-17,19-25,27-30,32-33,36,38H,1,18,26H2,2-10H3/b31-25+/t30-,32-,33+,36+,38+/m1/s1. The quantitative estimate of drug-likeness (QED) is 0.0711. The summed E-state index contributed by atoms with van der Waals surface area (Å²) in [6, 6.07) is 17.3. The van der Waals surface area contributed by atoms with Crippen LogP contribution in [0.3, 0.4) is 0 Å². The van der Waals surface area contributed by atoms with Crippen LogP contribution in [0.15, 0.2) is 97.1 Å². The van der Waals surface area contributed by atoms with Crippen molar-refractivity contribution in [1.82, 2.24) is 0 Å². The Kier molecular flexibility index (Phi) is 14.3. The SMILES string of the molecule is C=CC[C@H]1C=C[C@H](OC(=O)CP(=O)(Oc2ccccc2)Oc2ccccc2)[C@H](/C(C)=C/[C@@H](C)[C@@H](C)O[Si](C(C)C)(C(C)C)C(C)C)O1. The molecule has 258 valence electrons. The number of hydrogen-bond acceptors (Lipinski definition) is 7. The lowest BCUT2D eigenvalue weighted by Gasteiger charge is -2.45. The van der Waals surface area contributed by atoms with E-state index in [0.29, 0.717) is 34.5 Å². The number of ether oxygens (including phenoxy) is 2. The Hall–Kier alpha value is -2.90. The second-order valence-corrected chi connectivity index (χ2v) is 20.8. The smallest absolute Gasteiger partial charge is 0.441 e. The number of carbonyl (C=O) groups is 1. The van der Waals surface area contributed by atoms with Gasteiger partial charge in [-0.15, -0.1) is 6.58 Å². The van der Waals surface area contributed by atoms with E-state index in [0.717, 1.165) is 5.57 Å². The van der Waals surface area contributed by atoms with E-state index < -0.39 is 40.3 Å². The third-order valence-electron chi connectivity index (χ3n) is 8.91. The van der Waals surface area contributed by atoms with Crippen LogP contribution >= 0.6 is 7.60 Å². The minimum atomic E-state index is -4.01. The first-order chi connectivity index (χ1) is 22.2. The van der Waals surface area contributed by atoms with Crippen molar-refractivity contribution in [3.8, 4) is 11.5 Å². The highest BCUT2D eigenvalue weighted by atomic mass is 31.2. The Balaban J connectivity index is 1.83. The highest BCUT2D eigenvalue weighted by Crippen LogP contribution is 2.49. The van der Waals surface area contributed by atoms with Crippen LogP contribution in [-0.2, 0) is 23.3 Å². The van der Waals surface area contributed by atoms with Crippen LogP contribution in [0.5, 0.6) is 11.5 Å². The lowest BCUT2D eigenvalue weighted by atomic mass is 9.95. The van der Waals surface area contributed by atoms with Gasteiger partial charge < -0.3 is 22.9 Å². The molecular weight excluding hydrogens is 627 g/mol. The lowest BCUT2D eigenvalue weighted by Crippen LogP contribution is -2.50. The van der Waals surface area contributed by atoms with E-state index in [-0.39, 0.29) is 18.1 Å². The Labute approximate surface area is 284 Å². The summed E-state index contributed by atoms with van der Waals surface area (Å²) in [5.74, 6) is 0.0220. The van der Waals surface area contributed by atoms with Crippen molar-refractivity contribution in [2.24, 2.45) is 5.92 Å². The number of hydrogen-bond donors (Lipinski definition) is 0. The van der Waals surface area contributed by atoms with Crippen LogP contribution in [0.2, 0.25) is 16.6 Å². The number of para-hydroxylation sites is 2. The minimum Gasteiger partial charge on any atom is -0.454 e. The van der Waals surface area contributed by atoms with Gasteiger partial charge in [0, 0.05) is 6.10 Å². The third-order valence-corrected chi connectivity index (χ3v) is 16.7. The zero-order chi connectivity index (χ0) is 34.8. The molecule has 2 aromatic carbocycles. The second kappa shape index (κ2) is 17.5. The van der Waals surface area contributed by atoms with Crippen LogP contribution in [0, 0.1) is 5.92 Å². The first-order valence-corrected chi connectivity index (χ1v) is 20.7. The van der Waals surface area contributed by atoms with Gasteiger partial charge in [0.05, 0.1) is 6.10 Å². The topological polar surface area (TPSA) is 80.3 Å². The molecule has 0 spiro atoms. The van der Waals surface area contributed by atoms with Gasteiger partial charge >= 0.3 is 13.6 Å². The van der Waals surface area contributed by atoms with Gasteiger partial charge in [-0.05, 0) is 78.7 Å². The molecule has 47 heavy (non-hydrogen) atoms. The molecule has 0 amide bonds. The van der Waals surface area contributed by atoms with Crippen molar-refractivity contribution in [3.63, 3.8) is 0 Å². The molecule has 0 radical (unpaired) electrons. The second-order valence-electron chi connectivity index (χ2n) is 13.4. The Morgan fingerprint density at radius 2 is 1.38 bits per heavy atom. The van der Waals surface area contributed by atoms with Gasteiger partial charge in [0.1, 0.15) is 23.7 Å². The summed E-state index contributed by atoms with van der Waals surface area (Å²) in [4.78, 5) is 13.5. The highest BCUT2D eigenvalue weighted by Gasteiger charge is 2.46. The summed E-state index contributed by atoms with van der Waals surface area (Å²) in [5, 5.41) is 0. The van der Waals surface area contributed by atoms with Gasteiger partial charge in [0.25, 0.3) is 0 Å². The van der Waals surface area contributed by atoms with Crippen LogP contribution in [0.1, 0.15) is 68.7 Å². The number of carbonyl (C=O) groups excluding carboxylic acids is 1. The molecule has 0 aliphatic carbocycles. The molecule has 0 fully saturated rings. The zero-order valence-electron chi connectivity index (χ0n) is 29.6. The first kappa shape index (κ1) is 38.5. The van der Waals surface area contributed by atoms with Gasteiger partial charge in [0.15, 0.2) is 6.16 Å². The van der Waals surface area contributed by atoms with E-state index in [1.54, 1.807) is 48.5 Å². The molecule has 1 aliphatic heterocycles. The summed E-state index contributed by atoms with van der Waals surface area (Å²) in [6.07, 6.45) is 6.23. The molecule has 0 saturated carbocycles. The van der Waals surface area contributed by atoms with Gasteiger partial charge in [0.2, 0.25) is 8.32 Å². The summed E-state index contributed by atoms with van der Waals surface area (Å²) < 4.78 is 45.1. The molecule has 2 aromatic rings. The van der Waals surface area contributed by atoms with Crippen molar-refractivity contribution in [3.05, 3.63) is 97.1 Å². The average molecular weight is 683 g/mol. The lowest BCUT2D eigenvalue weighted by molar-refractivity contribution is -0.151. The maximum absolute atomic E-state index is 14.0. The van der Waals surface area contributed by atoms with Gasteiger partial charge in [-0.1, -0.05) is 103 Å². The maximum atomic E-state index is 14.0. The first-order valence-electron chi connectivity index (χ1n) is 16.8. The summed E-state index contributed by atoms with van der Waals surface area (Å²) >= 11 is 0. The Morgan fingerprint density at radius 1 is 0.872 bits per heavy atom. The van der Waals surface area contributed by atoms with Crippen molar-refractivity contribution in [2.75, 3.05) is 6.16 Å². The monoisotopic (exact) mass is 682 g/mol. The van der Waals surface area contributed by atoms with E-state index in [1.165, 1.54) is 0 Å². The molecule has 1 heterocycles. The van der Waals surface area contributed by atoms with E-state index in [1.807, 2.05) is 37.3 Å². The van der Waals surface area contributed by atoms with Crippen LogP contribution in [-0.4, -0.2) is 44.9 Å². The molecule has 0 aromatic heterocycles. The summed E-state index contributed by atoms with van der Waals surface area (Å²) in [5.41, 5.74) is 2.36. The summed E-state index contributed by atoms with van der Waals surface area (Å²) in [7, 11) is -6.10. The molecule has 0 unspecified atom stereocenters. The van der Waals surface area contributed by atoms with Gasteiger partial charge in [-0.3, -0.25) is 4.79 Å². The van der Waals surface area contributed by atoms with Crippen molar-refractivity contribution < 1.29 is 32.3 Å². The van der Waals surface area contributed by atoms with Gasteiger partial charge in [-0.25, -0.2) is 4.57 Å². The molecule has 3 rings (SSSR count). The van der Waals surface area contributed by atoms with Crippen LogP contribution < -0.4 is 9.05 Å². The number of benzene rings is 2. The fraction of sp³-hybridized carbons (Fsp3) is 0.500. The molecule has 0 bridgehead atoms. The molecule has 7 nitrogen and oxygen atoms in total. The largest absolute Gasteiger partial charge is 0.454 e. The van der Waals surface area contributed by atoms with Gasteiger partial charge in [-0.2, -0.15) is 0 Å². The van der Waals surface area contributed by atoms with E-state index in [9.17, 15) is 9.36 Å². The average Bonchev–Trinajstić information content (AvgIpc) is 3.00. The van der Waals surface area contributed by atoms with E-state index in [2.05, 4.69) is 68.0 Å². The molecule has 5 atom stereocenters. The van der Waals surface area contributed by atoms with E-state index >= 15 is 0 Å². The predicted octanol–water partition coefficient (Wildman–Crippen LogP) is 10.3. The maximum Gasteiger partial charge on any atom is 0.441 e. The van der Waals surface area contributed by atoms with Crippen molar-refractivity contribution >= 4 is 21.9 Å². The molecular formula is C38H55O7PSi. The number of esters is 1. The van der Waals surface area contributed by atoms with Crippen LogP contribution in [0.25, 0.3) is 0 Å². The predicted molar refractivity (Wildman–Crippen MR) is 194 cm³/mol. The molecule has 9 heteroatoms. The normalized spacial score (nSPS) is 20.3. The molecule has 0 saturated heterocycles. The fourth-order valence-corrected chi connectivity index (χ4v) is 13.7. The molecule has 0 N–H and O–H groups in total. The van der Waals surface area contributed by atoms with Crippen molar-refractivity contribution in [2.45, 2.75) is 110 Å². The van der Waals surface area contributed by atoms with Crippen molar-refractivity contribution in [1.29, 1.82) is 0 Å². The molecule has 1 aliphatic rings. The summed E-state index contributed by atoms with van der Waals surface area (Å²) in [6.45, 7) is 23.9. The minimum absolute atomic E-state index is 0.0101. The highest BCUT2D eigenvalue weighted by molar-refractivity contribution is 7.55.